The van der Waals surface area contributed by atoms with E-state index in [-0.39, 0.29) is 36.3 Å². The molecule has 0 bridgehead atoms. The van der Waals surface area contributed by atoms with Crippen LogP contribution in [0.4, 0.5) is 5.69 Å². The Balaban J connectivity index is 0.00000361. The van der Waals surface area contributed by atoms with Crippen LogP contribution in [0.2, 0.25) is 0 Å². The molecule has 0 aliphatic rings. The summed E-state index contributed by atoms with van der Waals surface area (Å²) >= 11 is 0. The number of benzene rings is 1. The molecule has 0 radical (unpaired) electrons. The number of hydrogen-bond acceptors (Lipinski definition) is 3. The van der Waals surface area contributed by atoms with E-state index in [1.54, 1.807) is 7.11 Å². The lowest BCUT2D eigenvalue weighted by molar-refractivity contribution is -0.118. The third-order valence-corrected chi connectivity index (χ3v) is 3.02. The Bertz CT molecular complexity index is 426. The summed E-state index contributed by atoms with van der Waals surface area (Å²) in [6.45, 7) is 6.70. The van der Waals surface area contributed by atoms with Gasteiger partial charge >= 0.3 is 0 Å². The van der Waals surface area contributed by atoms with Gasteiger partial charge in [-0.25, -0.2) is 0 Å². The fraction of sp³-hybridized carbons (Fsp3) is 0.533. The van der Waals surface area contributed by atoms with E-state index in [2.05, 4.69) is 26.1 Å². The first kappa shape index (κ1) is 18.9. The first-order valence-electron chi connectivity index (χ1n) is 6.50. The van der Waals surface area contributed by atoms with Crippen LogP contribution in [-0.4, -0.2) is 25.7 Å². The summed E-state index contributed by atoms with van der Waals surface area (Å²) in [5.74, 6) is -0.0750. The number of methoxy groups -OCH3 is 1. The van der Waals surface area contributed by atoms with Gasteiger partial charge in [-0.3, -0.25) is 4.79 Å². The molecule has 1 aromatic rings. The molecular weight excluding hydrogens is 276 g/mol. The van der Waals surface area contributed by atoms with Crippen molar-refractivity contribution in [3.63, 3.8) is 0 Å². The first-order chi connectivity index (χ1) is 8.88. The Kier molecular flexibility index (Phi) is 7.79. The molecule has 0 saturated carbocycles. The van der Waals surface area contributed by atoms with Crippen LogP contribution in [0, 0.1) is 0 Å². The Morgan fingerprint density at radius 2 is 1.95 bits per heavy atom. The summed E-state index contributed by atoms with van der Waals surface area (Å²) in [5.41, 5.74) is 7.47. The number of hydrogen-bond donors (Lipinski definition) is 2. The van der Waals surface area contributed by atoms with Gasteiger partial charge < -0.3 is 15.8 Å². The van der Waals surface area contributed by atoms with Crippen LogP contribution in [0.3, 0.4) is 0 Å². The van der Waals surface area contributed by atoms with Gasteiger partial charge in [-0.15, -0.1) is 12.4 Å². The van der Waals surface area contributed by atoms with Gasteiger partial charge in [0.15, 0.2) is 0 Å². The van der Waals surface area contributed by atoms with Crippen molar-refractivity contribution in [2.75, 3.05) is 19.0 Å². The molecule has 0 spiro atoms. The third-order valence-electron chi connectivity index (χ3n) is 3.02. The number of amides is 1. The van der Waals surface area contributed by atoms with Gasteiger partial charge in [-0.1, -0.05) is 39.0 Å². The van der Waals surface area contributed by atoms with Crippen molar-refractivity contribution in [1.29, 1.82) is 0 Å². The number of carbonyl (C=O) groups excluding carboxylic acids is 1. The molecule has 5 heteroatoms. The first-order valence-corrected chi connectivity index (χ1v) is 6.50. The van der Waals surface area contributed by atoms with Crippen LogP contribution in [0.15, 0.2) is 24.3 Å². The van der Waals surface area contributed by atoms with E-state index in [4.69, 9.17) is 10.5 Å². The number of carbonyl (C=O) groups is 1. The number of anilines is 1. The highest BCUT2D eigenvalue weighted by Crippen LogP contribution is 2.29. The second-order valence-corrected chi connectivity index (χ2v) is 5.64. The molecule has 1 amide bonds. The highest BCUT2D eigenvalue weighted by molar-refractivity contribution is 5.92. The molecule has 0 heterocycles. The summed E-state index contributed by atoms with van der Waals surface area (Å²) < 4.78 is 5.12. The van der Waals surface area contributed by atoms with Crippen LogP contribution in [0.5, 0.6) is 0 Å². The zero-order valence-corrected chi connectivity index (χ0v) is 13.4. The lowest BCUT2D eigenvalue weighted by Gasteiger charge is -2.23. The second kappa shape index (κ2) is 8.25. The van der Waals surface area contributed by atoms with E-state index >= 15 is 0 Å². The predicted octanol–water partition coefficient (Wildman–Crippen LogP) is 2.71. The monoisotopic (exact) mass is 300 g/mol. The molecule has 1 atom stereocenters. The molecule has 114 valence electrons. The Morgan fingerprint density at radius 3 is 2.45 bits per heavy atom. The molecule has 1 unspecified atom stereocenters. The average Bonchev–Trinajstić information content (AvgIpc) is 2.35. The zero-order valence-electron chi connectivity index (χ0n) is 12.6. The maximum absolute atomic E-state index is 12.0. The van der Waals surface area contributed by atoms with E-state index < -0.39 is 0 Å². The summed E-state index contributed by atoms with van der Waals surface area (Å²) in [7, 11) is 1.56. The van der Waals surface area contributed by atoms with Gasteiger partial charge in [-0.05, 0) is 17.0 Å². The second-order valence-electron chi connectivity index (χ2n) is 5.64. The molecule has 0 aliphatic heterocycles. The minimum absolute atomic E-state index is 0. The minimum atomic E-state index is -0.234. The number of nitrogens with two attached hydrogens (primary N) is 1. The lowest BCUT2D eigenvalue weighted by Crippen LogP contribution is -2.28. The Morgan fingerprint density at radius 1 is 1.35 bits per heavy atom. The predicted molar refractivity (Wildman–Crippen MR) is 85.5 cm³/mol. The summed E-state index contributed by atoms with van der Waals surface area (Å²) in [6.07, 6.45) is 0.0349. The molecule has 4 nitrogen and oxygen atoms in total. The van der Waals surface area contributed by atoms with Gasteiger partial charge in [0.25, 0.3) is 0 Å². The van der Waals surface area contributed by atoms with Gasteiger partial charge in [0.05, 0.1) is 12.5 Å². The van der Waals surface area contributed by atoms with Crippen molar-refractivity contribution < 1.29 is 9.53 Å². The quantitative estimate of drug-likeness (QED) is 0.879. The van der Waals surface area contributed by atoms with Crippen molar-refractivity contribution >= 4 is 24.0 Å². The van der Waals surface area contributed by atoms with E-state index in [0.29, 0.717) is 6.54 Å². The maximum Gasteiger partial charge on any atom is 0.227 e. The molecule has 0 aromatic heterocycles. The van der Waals surface area contributed by atoms with E-state index in [0.717, 1.165) is 11.3 Å². The van der Waals surface area contributed by atoms with Gasteiger partial charge in [0.2, 0.25) is 5.91 Å². The Labute approximate surface area is 127 Å². The average molecular weight is 301 g/mol. The van der Waals surface area contributed by atoms with E-state index in [1.807, 2.05) is 24.3 Å². The van der Waals surface area contributed by atoms with Crippen LogP contribution in [-0.2, 0) is 14.9 Å². The fourth-order valence-corrected chi connectivity index (χ4v) is 1.92. The van der Waals surface area contributed by atoms with E-state index in [9.17, 15) is 4.79 Å². The number of nitrogens with one attached hydrogen (secondary N) is 1. The number of para-hydroxylation sites is 1. The molecule has 1 aromatic carbocycles. The smallest absolute Gasteiger partial charge is 0.227 e. The molecule has 0 saturated heterocycles. The van der Waals surface area contributed by atoms with Crippen molar-refractivity contribution in [3.05, 3.63) is 29.8 Å². The highest BCUT2D eigenvalue weighted by Gasteiger charge is 2.19. The highest BCUT2D eigenvalue weighted by atomic mass is 35.5. The molecule has 20 heavy (non-hydrogen) atoms. The summed E-state index contributed by atoms with van der Waals surface area (Å²) in [5, 5.41) is 2.94. The largest absolute Gasteiger partial charge is 0.380 e. The van der Waals surface area contributed by atoms with E-state index in [1.165, 1.54) is 0 Å². The maximum atomic E-state index is 12.0. The lowest BCUT2D eigenvalue weighted by atomic mass is 9.86. The van der Waals surface area contributed by atoms with Crippen LogP contribution in [0.25, 0.3) is 0 Å². The van der Waals surface area contributed by atoms with Gasteiger partial charge in [0.1, 0.15) is 0 Å². The Hall–Kier alpha value is -1.10. The number of halogens is 1. The number of rotatable bonds is 5. The fourth-order valence-electron chi connectivity index (χ4n) is 1.92. The van der Waals surface area contributed by atoms with Crippen LogP contribution < -0.4 is 11.1 Å². The van der Waals surface area contributed by atoms with Crippen LogP contribution in [0.1, 0.15) is 32.8 Å². The number of ether oxygens (including phenoxy) is 1. The van der Waals surface area contributed by atoms with Crippen molar-refractivity contribution in [1.82, 2.24) is 0 Å². The van der Waals surface area contributed by atoms with Gasteiger partial charge in [0, 0.05) is 19.3 Å². The molecular formula is C15H25ClN2O2. The van der Waals surface area contributed by atoms with Crippen molar-refractivity contribution in [3.8, 4) is 0 Å². The van der Waals surface area contributed by atoms with Crippen molar-refractivity contribution in [2.45, 2.75) is 38.7 Å². The summed E-state index contributed by atoms with van der Waals surface area (Å²) in [4.78, 5) is 12.0. The third kappa shape index (κ3) is 5.49. The van der Waals surface area contributed by atoms with Gasteiger partial charge in [-0.2, -0.15) is 0 Å². The molecule has 1 rings (SSSR count). The van der Waals surface area contributed by atoms with Crippen molar-refractivity contribution in [2.24, 2.45) is 5.73 Å². The minimum Gasteiger partial charge on any atom is -0.380 e. The standard InChI is InChI=1S/C15H24N2O2.ClH/c1-15(2,3)12-7-5-6-8-13(12)17-14(18)9-11(10-16)19-4;/h5-8,11H,9-10,16H2,1-4H3,(H,17,18);1H. The van der Waals surface area contributed by atoms with Crippen LogP contribution >= 0.6 is 12.4 Å². The zero-order chi connectivity index (χ0) is 14.5. The topological polar surface area (TPSA) is 64.3 Å². The normalized spacial score (nSPS) is 12.4. The molecule has 0 fully saturated rings. The SMILES string of the molecule is COC(CN)CC(=O)Nc1ccccc1C(C)(C)C.Cl. The molecule has 0 aliphatic carbocycles. The summed E-state index contributed by atoms with van der Waals surface area (Å²) in [6, 6.07) is 7.85. The molecule has 3 N–H and O–H groups in total.